The molecule has 3 aromatic rings. The van der Waals surface area contributed by atoms with E-state index in [1.54, 1.807) is 12.1 Å². The van der Waals surface area contributed by atoms with Crippen LogP contribution < -0.4 is 9.47 Å². The summed E-state index contributed by atoms with van der Waals surface area (Å²) in [7, 11) is 0. The van der Waals surface area contributed by atoms with E-state index in [0.29, 0.717) is 28.8 Å². The lowest BCUT2D eigenvalue weighted by Gasteiger charge is -2.30. The highest BCUT2D eigenvalue weighted by molar-refractivity contribution is 5.78. The molecule has 0 N–H and O–H groups in total. The Morgan fingerprint density at radius 1 is 1.19 bits per heavy atom. The average Bonchev–Trinajstić information content (AvgIpc) is 3.26. The van der Waals surface area contributed by atoms with Gasteiger partial charge < -0.3 is 18.9 Å². The van der Waals surface area contributed by atoms with Crippen LogP contribution in [-0.4, -0.2) is 40.6 Å². The largest absolute Gasteiger partial charge is 0.484 e. The van der Waals surface area contributed by atoms with Crippen LogP contribution in [0.4, 0.5) is 4.39 Å². The molecule has 1 aliphatic heterocycles. The van der Waals surface area contributed by atoms with Gasteiger partial charge in [0.1, 0.15) is 17.3 Å². The maximum atomic E-state index is 13.0. The number of hydrogen-bond donors (Lipinski definition) is 0. The molecule has 1 amide bonds. The van der Waals surface area contributed by atoms with E-state index < -0.39 is 0 Å². The average molecular weight is 425 g/mol. The van der Waals surface area contributed by atoms with E-state index in [-0.39, 0.29) is 30.8 Å². The van der Waals surface area contributed by atoms with Gasteiger partial charge in [-0.3, -0.25) is 4.79 Å². The summed E-state index contributed by atoms with van der Waals surface area (Å²) < 4.78 is 29.6. The van der Waals surface area contributed by atoms with Gasteiger partial charge in [-0.25, -0.2) is 4.39 Å². The van der Waals surface area contributed by atoms with Gasteiger partial charge in [-0.1, -0.05) is 24.2 Å². The van der Waals surface area contributed by atoms with Gasteiger partial charge in [0.2, 0.25) is 5.82 Å². The summed E-state index contributed by atoms with van der Waals surface area (Å²) in [5.41, 5.74) is 0.624. The normalized spacial score (nSPS) is 16.2. The summed E-state index contributed by atoms with van der Waals surface area (Å²) in [6.07, 6.45) is 2.17. The number of carbonyl (C=O) groups is 1. The molecule has 1 saturated heterocycles. The fraction of sp³-hybridized carbons (Fsp3) is 0.348. The summed E-state index contributed by atoms with van der Waals surface area (Å²) in [4.78, 5) is 18.7. The highest BCUT2D eigenvalue weighted by Gasteiger charge is 2.22. The van der Waals surface area contributed by atoms with Crippen LogP contribution in [0.2, 0.25) is 0 Å². The number of amides is 1. The van der Waals surface area contributed by atoms with E-state index in [0.717, 1.165) is 25.9 Å². The topological polar surface area (TPSA) is 77.7 Å². The van der Waals surface area contributed by atoms with Gasteiger partial charge in [0, 0.05) is 13.1 Å². The summed E-state index contributed by atoms with van der Waals surface area (Å²) in [6.45, 7) is 3.71. The lowest BCUT2D eigenvalue weighted by molar-refractivity contribution is -0.135. The van der Waals surface area contributed by atoms with Crippen LogP contribution in [0.1, 0.15) is 25.7 Å². The van der Waals surface area contributed by atoms with Crippen molar-refractivity contribution < 1.29 is 23.2 Å². The van der Waals surface area contributed by atoms with Crippen molar-refractivity contribution in [1.82, 2.24) is 15.0 Å². The summed E-state index contributed by atoms with van der Waals surface area (Å²) in [5, 5.41) is 4.00. The van der Waals surface area contributed by atoms with Crippen LogP contribution >= 0.6 is 0 Å². The zero-order valence-electron chi connectivity index (χ0n) is 17.3. The van der Waals surface area contributed by atoms with Crippen molar-refractivity contribution in [2.24, 2.45) is 5.92 Å². The third-order valence-corrected chi connectivity index (χ3v) is 5.13. The first-order valence-electron chi connectivity index (χ1n) is 10.3. The van der Waals surface area contributed by atoms with Gasteiger partial charge in [-0.2, -0.15) is 4.98 Å². The fourth-order valence-electron chi connectivity index (χ4n) is 3.52. The molecule has 8 heteroatoms. The maximum Gasteiger partial charge on any atom is 0.264 e. The third-order valence-electron chi connectivity index (χ3n) is 5.13. The summed E-state index contributed by atoms with van der Waals surface area (Å²) in [6, 6.07) is 12.9. The van der Waals surface area contributed by atoms with Crippen LogP contribution in [0.5, 0.6) is 11.5 Å². The van der Waals surface area contributed by atoms with Crippen LogP contribution in [0.15, 0.2) is 53.1 Å². The number of halogens is 1. The molecule has 1 unspecified atom stereocenters. The monoisotopic (exact) mass is 425 g/mol. The smallest absolute Gasteiger partial charge is 0.264 e. The standard InChI is InChI=1S/C23H24FN3O4/c1-16-5-4-12-27(13-16)22(28)15-30-20-7-3-2-6-19(20)23-25-21(31-26-23)14-29-18-10-8-17(24)9-11-18/h2-3,6-11,16H,4-5,12-15H2,1H3. The number of para-hydroxylation sites is 1. The molecular weight excluding hydrogens is 401 g/mol. The van der Waals surface area contributed by atoms with Crippen LogP contribution in [0, 0.1) is 11.7 Å². The maximum absolute atomic E-state index is 13.0. The third kappa shape index (κ3) is 5.39. The zero-order valence-corrected chi connectivity index (χ0v) is 17.3. The predicted molar refractivity (Wildman–Crippen MR) is 111 cm³/mol. The number of benzene rings is 2. The van der Waals surface area contributed by atoms with E-state index in [4.69, 9.17) is 14.0 Å². The summed E-state index contributed by atoms with van der Waals surface area (Å²) >= 11 is 0. The van der Waals surface area contributed by atoms with Gasteiger partial charge in [-0.15, -0.1) is 0 Å². The second-order valence-electron chi connectivity index (χ2n) is 7.63. The number of hydrogen-bond acceptors (Lipinski definition) is 6. The first-order valence-corrected chi connectivity index (χ1v) is 10.3. The first-order chi connectivity index (χ1) is 15.1. The van der Waals surface area contributed by atoms with E-state index in [9.17, 15) is 9.18 Å². The molecule has 1 aliphatic rings. The molecule has 0 radical (unpaired) electrons. The van der Waals surface area contributed by atoms with Crippen molar-refractivity contribution in [1.29, 1.82) is 0 Å². The lowest BCUT2D eigenvalue weighted by Crippen LogP contribution is -2.41. The van der Waals surface area contributed by atoms with Crippen LogP contribution in [-0.2, 0) is 11.4 Å². The number of carbonyl (C=O) groups excluding carboxylic acids is 1. The van der Waals surface area contributed by atoms with Gasteiger partial charge in [0.25, 0.3) is 11.8 Å². The second kappa shape index (κ2) is 9.59. The molecule has 4 rings (SSSR count). The van der Waals surface area contributed by atoms with E-state index in [1.165, 1.54) is 24.3 Å². The Morgan fingerprint density at radius 3 is 2.81 bits per heavy atom. The van der Waals surface area contributed by atoms with Crippen LogP contribution in [0.3, 0.4) is 0 Å². The minimum absolute atomic E-state index is 0.0251. The van der Waals surface area contributed by atoms with E-state index in [1.807, 2.05) is 17.0 Å². The molecule has 0 spiro atoms. The molecule has 0 aliphatic carbocycles. The molecule has 2 aromatic carbocycles. The van der Waals surface area contributed by atoms with Crippen molar-refractivity contribution in [3.05, 3.63) is 60.2 Å². The quantitative estimate of drug-likeness (QED) is 0.567. The van der Waals surface area contributed by atoms with Crippen molar-refractivity contribution >= 4 is 5.91 Å². The minimum atomic E-state index is -0.336. The predicted octanol–water partition coefficient (Wildman–Crippen LogP) is 4.09. The minimum Gasteiger partial charge on any atom is -0.484 e. The molecule has 7 nitrogen and oxygen atoms in total. The van der Waals surface area contributed by atoms with Gasteiger partial charge in [-0.05, 0) is 55.2 Å². The van der Waals surface area contributed by atoms with Crippen LogP contribution in [0.25, 0.3) is 11.4 Å². The summed E-state index contributed by atoms with van der Waals surface area (Å²) in [5.74, 6) is 1.77. The molecule has 0 bridgehead atoms. The van der Waals surface area contributed by atoms with Gasteiger partial charge >= 0.3 is 0 Å². The Balaban J connectivity index is 1.39. The number of rotatable bonds is 7. The number of likely N-dealkylation sites (tertiary alicyclic amines) is 1. The number of ether oxygens (including phenoxy) is 2. The van der Waals surface area contributed by atoms with Crippen molar-refractivity contribution in [2.45, 2.75) is 26.4 Å². The van der Waals surface area contributed by atoms with Crippen molar-refractivity contribution in [2.75, 3.05) is 19.7 Å². The SMILES string of the molecule is CC1CCCN(C(=O)COc2ccccc2-c2noc(COc3ccc(F)cc3)n2)C1. The molecule has 0 saturated carbocycles. The molecule has 1 fully saturated rings. The Bertz CT molecular complexity index is 1020. The highest BCUT2D eigenvalue weighted by atomic mass is 19.1. The Morgan fingerprint density at radius 2 is 2.00 bits per heavy atom. The second-order valence-corrected chi connectivity index (χ2v) is 7.63. The molecule has 1 aromatic heterocycles. The number of piperidine rings is 1. The molecule has 1 atom stereocenters. The van der Waals surface area contributed by atoms with E-state index in [2.05, 4.69) is 17.1 Å². The van der Waals surface area contributed by atoms with E-state index >= 15 is 0 Å². The number of nitrogens with zero attached hydrogens (tertiary/aromatic N) is 3. The fourth-order valence-corrected chi connectivity index (χ4v) is 3.52. The Hall–Kier alpha value is -3.42. The molecule has 31 heavy (non-hydrogen) atoms. The number of aromatic nitrogens is 2. The zero-order chi connectivity index (χ0) is 21.6. The first kappa shape index (κ1) is 20.8. The lowest BCUT2D eigenvalue weighted by atomic mass is 10.0. The van der Waals surface area contributed by atoms with Crippen molar-refractivity contribution in [3.8, 4) is 22.9 Å². The van der Waals surface area contributed by atoms with Gasteiger partial charge in [0.05, 0.1) is 5.56 Å². The Labute approximate surface area is 179 Å². The van der Waals surface area contributed by atoms with Gasteiger partial charge in [0.15, 0.2) is 13.2 Å². The molecular formula is C23H24FN3O4. The Kier molecular flexibility index (Phi) is 6.45. The highest BCUT2D eigenvalue weighted by Crippen LogP contribution is 2.28. The van der Waals surface area contributed by atoms with Crippen molar-refractivity contribution in [3.63, 3.8) is 0 Å². The molecule has 162 valence electrons. The molecule has 2 heterocycles.